The van der Waals surface area contributed by atoms with Gasteiger partial charge < -0.3 is 9.47 Å². The molecule has 6 rings (SSSR count). The molecule has 0 saturated heterocycles. The van der Waals surface area contributed by atoms with Crippen molar-refractivity contribution < 1.29 is 14.3 Å². The maximum atomic E-state index is 13.9. The maximum Gasteiger partial charge on any atom is 0.338 e. The van der Waals surface area contributed by atoms with E-state index >= 15 is 0 Å². The Bertz CT molecular complexity index is 2060. The quantitative estimate of drug-likeness (QED) is 0.135. The number of allylic oxidation sites excluding steroid dienone is 1. The third-order valence-corrected chi connectivity index (χ3v) is 9.92. The van der Waals surface area contributed by atoms with Crippen LogP contribution in [0.1, 0.15) is 36.1 Å². The summed E-state index contributed by atoms with van der Waals surface area (Å²) in [6, 6.07) is 27.5. The standard InChI is InChI=1S/C34H26I2N2O4S/c1-3-27-29(33(40)41-2)30(22-11-5-4-6-12-22)38-32(39)28(43-34(38)37-27)18-20-16-25(35)31(26(36)17-20)42-19-23-14-9-13-21-10-7-8-15-24(21)23/h4-18,30H,3,19H2,1-2H3/b28-18-/t30-/m1/s1. The van der Waals surface area contributed by atoms with Gasteiger partial charge in [-0.3, -0.25) is 9.36 Å². The second-order valence-corrected chi connectivity index (χ2v) is 13.3. The van der Waals surface area contributed by atoms with E-state index in [1.54, 1.807) is 4.57 Å². The summed E-state index contributed by atoms with van der Waals surface area (Å²) in [5, 5.41) is 2.36. The van der Waals surface area contributed by atoms with Crippen molar-refractivity contribution in [2.24, 2.45) is 4.99 Å². The van der Waals surface area contributed by atoms with Gasteiger partial charge in [0.25, 0.3) is 5.56 Å². The van der Waals surface area contributed by atoms with Crippen molar-refractivity contribution in [3.05, 3.63) is 140 Å². The SMILES string of the molecule is CCC1=C(C(=O)OC)[C@@H](c2ccccc2)n2c(s/c(=C\c3cc(I)c(OCc4cccc5ccccc45)c(I)c3)c2=O)=N1. The molecule has 1 atom stereocenters. The number of aromatic nitrogens is 1. The minimum absolute atomic E-state index is 0.199. The van der Waals surface area contributed by atoms with E-state index in [4.69, 9.17) is 14.5 Å². The highest BCUT2D eigenvalue weighted by Gasteiger charge is 2.33. The lowest BCUT2D eigenvalue weighted by Gasteiger charge is -2.25. The number of carbonyl (C=O) groups excluding carboxylic acids is 1. The lowest BCUT2D eigenvalue weighted by Crippen LogP contribution is -2.40. The number of rotatable bonds is 7. The summed E-state index contributed by atoms with van der Waals surface area (Å²) >= 11 is 5.90. The second-order valence-electron chi connectivity index (χ2n) is 9.94. The predicted octanol–water partition coefficient (Wildman–Crippen LogP) is 6.74. The molecule has 9 heteroatoms. The van der Waals surface area contributed by atoms with E-state index in [-0.39, 0.29) is 5.56 Å². The Morgan fingerprint density at radius 1 is 1.00 bits per heavy atom. The number of benzene rings is 4. The smallest absolute Gasteiger partial charge is 0.338 e. The topological polar surface area (TPSA) is 69.9 Å². The molecule has 0 spiro atoms. The van der Waals surface area contributed by atoms with Crippen molar-refractivity contribution in [3.8, 4) is 5.75 Å². The van der Waals surface area contributed by atoms with Gasteiger partial charge >= 0.3 is 5.97 Å². The molecule has 6 nitrogen and oxygen atoms in total. The Labute approximate surface area is 279 Å². The van der Waals surface area contributed by atoms with Gasteiger partial charge in [-0.1, -0.05) is 91.1 Å². The first kappa shape index (κ1) is 29.8. The number of esters is 1. The van der Waals surface area contributed by atoms with Crippen LogP contribution in [0.2, 0.25) is 0 Å². The number of methoxy groups -OCH3 is 1. The van der Waals surface area contributed by atoms with E-state index in [0.29, 0.717) is 33.6 Å². The monoisotopic (exact) mass is 812 g/mol. The van der Waals surface area contributed by atoms with Gasteiger partial charge in [-0.25, -0.2) is 9.79 Å². The first-order chi connectivity index (χ1) is 20.9. The fourth-order valence-electron chi connectivity index (χ4n) is 5.34. The van der Waals surface area contributed by atoms with Crippen LogP contribution in [0.3, 0.4) is 0 Å². The molecule has 1 aliphatic heterocycles. The van der Waals surface area contributed by atoms with Crippen LogP contribution < -0.4 is 19.6 Å². The number of hydrogen-bond acceptors (Lipinski definition) is 6. The van der Waals surface area contributed by atoms with Gasteiger partial charge in [-0.15, -0.1) is 0 Å². The molecule has 1 aliphatic rings. The van der Waals surface area contributed by atoms with Crippen LogP contribution in [-0.2, 0) is 16.1 Å². The van der Waals surface area contributed by atoms with Gasteiger partial charge in [0.15, 0.2) is 4.80 Å². The molecule has 0 radical (unpaired) electrons. The van der Waals surface area contributed by atoms with Crippen molar-refractivity contribution in [2.45, 2.75) is 26.0 Å². The summed E-state index contributed by atoms with van der Waals surface area (Å²) in [6.07, 6.45) is 2.42. The highest BCUT2D eigenvalue weighted by atomic mass is 127. The van der Waals surface area contributed by atoms with E-state index in [9.17, 15) is 9.59 Å². The minimum atomic E-state index is -0.618. The van der Waals surface area contributed by atoms with Crippen molar-refractivity contribution in [2.75, 3.05) is 7.11 Å². The molecule has 216 valence electrons. The Morgan fingerprint density at radius 2 is 1.70 bits per heavy atom. The molecule has 5 aromatic rings. The maximum absolute atomic E-state index is 13.9. The number of nitrogens with zero attached hydrogens (tertiary/aromatic N) is 2. The van der Waals surface area contributed by atoms with Gasteiger partial charge in [-0.2, -0.15) is 0 Å². The van der Waals surface area contributed by atoms with Gasteiger partial charge in [0, 0.05) is 0 Å². The van der Waals surface area contributed by atoms with Crippen LogP contribution in [-0.4, -0.2) is 17.6 Å². The summed E-state index contributed by atoms with van der Waals surface area (Å²) in [7, 11) is 1.36. The predicted molar refractivity (Wildman–Crippen MR) is 187 cm³/mol. The minimum Gasteiger partial charge on any atom is -0.487 e. The van der Waals surface area contributed by atoms with E-state index in [0.717, 1.165) is 29.6 Å². The largest absolute Gasteiger partial charge is 0.487 e. The first-order valence-electron chi connectivity index (χ1n) is 13.7. The molecule has 0 bridgehead atoms. The molecule has 0 fully saturated rings. The zero-order valence-electron chi connectivity index (χ0n) is 23.3. The average molecular weight is 812 g/mol. The number of carbonyl (C=O) groups is 1. The van der Waals surface area contributed by atoms with E-state index in [1.807, 2.05) is 67.6 Å². The highest BCUT2D eigenvalue weighted by Crippen LogP contribution is 2.33. The molecule has 0 unspecified atom stereocenters. The fraction of sp³-hybridized carbons (Fsp3) is 0.147. The van der Waals surface area contributed by atoms with Crippen molar-refractivity contribution in [3.63, 3.8) is 0 Å². The van der Waals surface area contributed by atoms with E-state index < -0.39 is 12.0 Å². The van der Waals surface area contributed by atoms with Crippen molar-refractivity contribution in [1.82, 2.24) is 4.57 Å². The lowest BCUT2D eigenvalue weighted by atomic mass is 9.95. The summed E-state index contributed by atoms with van der Waals surface area (Å²) in [4.78, 5) is 32.2. The third kappa shape index (κ3) is 5.82. The van der Waals surface area contributed by atoms with Crippen LogP contribution in [0.25, 0.3) is 16.8 Å². The average Bonchev–Trinajstić information content (AvgIpc) is 3.33. The zero-order chi connectivity index (χ0) is 30.1. The van der Waals surface area contributed by atoms with Crippen LogP contribution >= 0.6 is 56.5 Å². The molecule has 0 aliphatic carbocycles. The van der Waals surface area contributed by atoms with E-state index in [1.165, 1.54) is 29.2 Å². The van der Waals surface area contributed by atoms with Gasteiger partial charge in [0.1, 0.15) is 12.4 Å². The molecule has 1 aromatic heterocycles. The molecule has 2 heterocycles. The molecule has 0 amide bonds. The Kier molecular flexibility index (Phi) is 8.83. The number of halogens is 2. The molecule has 0 saturated carbocycles. The normalized spacial score (nSPS) is 14.9. The van der Waals surface area contributed by atoms with Gasteiger partial charge in [-0.05, 0) is 97.3 Å². The zero-order valence-corrected chi connectivity index (χ0v) is 28.5. The summed E-state index contributed by atoms with van der Waals surface area (Å²) in [5.41, 5.74) is 3.66. The van der Waals surface area contributed by atoms with Crippen molar-refractivity contribution in [1.29, 1.82) is 0 Å². The van der Waals surface area contributed by atoms with Crippen LogP contribution in [0.4, 0.5) is 0 Å². The third-order valence-electron chi connectivity index (χ3n) is 7.34. The number of hydrogen-bond donors (Lipinski definition) is 0. The van der Waals surface area contributed by atoms with Crippen molar-refractivity contribution >= 4 is 79.3 Å². The molecular formula is C34H26I2N2O4S. The first-order valence-corrected chi connectivity index (χ1v) is 16.6. The summed E-state index contributed by atoms with van der Waals surface area (Å²) < 4.78 is 15.5. The number of ether oxygens (including phenoxy) is 2. The van der Waals surface area contributed by atoms with Gasteiger partial charge in [0.05, 0.1) is 36.1 Å². The Balaban J connectivity index is 1.38. The molecular weight excluding hydrogens is 786 g/mol. The summed E-state index contributed by atoms with van der Waals surface area (Å²) in [6.45, 7) is 2.40. The molecule has 0 N–H and O–H groups in total. The number of fused-ring (bicyclic) bond motifs is 2. The second kappa shape index (κ2) is 12.7. The highest BCUT2D eigenvalue weighted by molar-refractivity contribution is 14.1. The molecule has 4 aromatic carbocycles. The number of thiazole rings is 1. The van der Waals surface area contributed by atoms with Crippen LogP contribution in [0, 0.1) is 7.14 Å². The Morgan fingerprint density at radius 3 is 2.42 bits per heavy atom. The van der Waals surface area contributed by atoms with E-state index in [2.05, 4.69) is 75.5 Å². The fourth-order valence-corrected chi connectivity index (χ4v) is 8.48. The summed E-state index contributed by atoms with van der Waals surface area (Å²) in [5.74, 6) is 0.332. The Hall–Kier alpha value is -3.29. The lowest BCUT2D eigenvalue weighted by molar-refractivity contribution is -0.136. The van der Waals surface area contributed by atoms with Gasteiger partial charge in [0.2, 0.25) is 0 Å². The molecule has 43 heavy (non-hydrogen) atoms. The van der Waals surface area contributed by atoms with Crippen LogP contribution in [0.5, 0.6) is 5.75 Å². The van der Waals surface area contributed by atoms with Crippen LogP contribution in [0.15, 0.2) is 106 Å².